The van der Waals surface area contributed by atoms with Gasteiger partial charge in [-0.25, -0.2) is 4.39 Å². The van der Waals surface area contributed by atoms with E-state index in [1.54, 1.807) is 13.0 Å². The summed E-state index contributed by atoms with van der Waals surface area (Å²) in [6.45, 7) is 1.96. The highest BCUT2D eigenvalue weighted by atomic mass is 35.5. The van der Waals surface area contributed by atoms with E-state index in [4.69, 9.17) is 21.9 Å². The van der Waals surface area contributed by atoms with E-state index in [1.165, 1.54) is 12.1 Å². The van der Waals surface area contributed by atoms with Crippen molar-refractivity contribution in [1.82, 2.24) is 10.5 Å². The predicted molar refractivity (Wildman–Crippen MR) is 91.9 cm³/mol. The Hall–Kier alpha value is -1.63. The lowest BCUT2D eigenvalue weighted by atomic mass is 10.0. The van der Waals surface area contributed by atoms with Crippen molar-refractivity contribution in [3.63, 3.8) is 0 Å². The van der Waals surface area contributed by atoms with Crippen LogP contribution in [0, 0.1) is 18.7 Å². The minimum absolute atomic E-state index is 0. The van der Waals surface area contributed by atoms with Crippen molar-refractivity contribution in [2.24, 2.45) is 11.7 Å². The average Bonchev–Trinajstić information content (AvgIpc) is 3.28. The van der Waals surface area contributed by atoms with Crippen LogP contribution < -0.4 is 11.1 Å². The summed E-state index contributed by atoms with van der Waals surface area (Å²) in [5.74, 6) is -0.217. The SMILES string of the molecule is Cc1onc(-c2c(F)cccc2Cl)c1C(=O)NC(CN)C1CC1.Cl. The van der Waals surface area contributed by atoms with Crippen LogP contribution in [0.2, 0.25) is 5.02 Å². The Bertz CT molecular complexity index is 727. The molecule has 1 aromatic carbocycles. The fraction of sp³-hybridized carbons (Fsp3) is 0.375. The first-order chi connectivity index (χ1) is 11.0. The molecule has 130 valence electrons. The number of nitrogens with zero attached hydrogens (tertiary/aromatic N) is 1. The fourth-order valence-corrected chi connectivity index (χ4v) is 2.90. The molecule has 0 radical (unpaired) electrons. The molecule has 1 atom stereocenters. The van der Waals surface area contributed by atoms with Crippen molar-refractivity contribution in [2.45, 2.75) is 25.8 Å². The second-order valence-corrected chi connectivity index (χ2v) is 6.12. The first-order valence-electron chi connectivity index (χ1n) is 7.44. The van der Waals surface area contributed by atoms with Crippen molar-refractivity contribution in [3.8, 4) is 11.3 Å². The minimum Gasteiger partial charge on any atom is -0.360 e. The third kappa shape index (κ3) is 3.55. The van der Waals surface area contributed by atoms with Crippen LogP contribution >= 0.6 is 24.0 Å². The Labute approximate surface area is 150 Å². The van der Waals surface area contributed by atoms with E-state index >= 15 is 0 Å². The Morgan fingerprint density at radius 1 is 1.54 bits per heavy atom. The number of aryl methyl sites for hydroxylation is 1. The highest BCUT2D eigenvalue weighted by Gasteiger charge is 2.33. The van der Waals surface area contributed by atoms with E-state index in [0.717, 1.165) is 12.8 Å². The van der Waals surface area contributed by atoms with Gasteiger partial charge in [-0.15, -0.1) is 12.4 Å². The quantitative estimate of drug-likeness (QED) is 0.841. The lowest BCUT2D eigenvalue weighted by Gasteiger charge is -2.16. The minimum atomic E-state index is -0.558. The molecule has 0 bridgehead atoms. The van der Waals surface area contributed by atoms with Gasteiger partial charge in [-0.3, -0.25) is 4.79 Å². The van der Waals surface area contributed by atoms with Gasteiger partial charge in [-0.1, -0.05) is 22.8 Å². The molecule has 3 N–H and O–H groups in total. The topological polar surface area (TPSA) is 81.2 Å². The van der Waals surface area contributed by atoms with Crippen molar-refractivity contribution in [2.75, 3.05) is 6.54 Å². The van der Waals surface area contributed by atoms with Crippen LogP contribution in [0.25, 0.3) is 11.3 Å². The van der Waals surface area contributed by atoms with Crippen LogP contribution in [-0.2, 0) is 0 Å². The van der Waals surface area contributed by atoms with E-state index in [1.807, 2.05) is 0 Å². The van der Waals surface area contributed by atoms with Gasteiger partial charge in [0.15, 0.2) is 0 Å². The van der Waals surface area contributed by atoms with Crippen molar-refractivity contribution >= 4 is 29.9 Å². The number of benzene rings is 1. The molecule has 1 aromatic heterocycles. The number of carbonyl (C=O) groups excluding carboxylic acids is 1. The molecular formula is C16H18Cl2FN3O2. The standard InChI is InChI=1S/C16H17ClFN3O2.ClH/c1-8-13(16(22)20-12(7-19)9-5-6-9)15(21-23-8)14-10(17)3-2-4-11(14)18;/h2-4,9,12H,5-7,19H2,1H3,(H,20,22);1H. The number of hydrogen-bond donors (Lipinski definition) is 2. The maximum atomic E-state index is 14.1. The average molecular weight is 374 g/mol. The fourth-order valence-electron chi connectivity index (χ4n) is 2.64. The maximum absolute atomic E-state index is 14.1. The number of nitrogens with one attached hydrogen (secondary N) is 1. The first kappa shape index (κ1) is 18.7. The Balaban J connectivity index is 0.00000208. The molecule has 1 unspecified atom stereocenters. The van der Waals surface area contributed by atoms with Crippen molar-refractivity contribution in [3.05, 3.63) is 40.4 Å². The molecule has 1 aliphatic rings. The zero-order chi connectivity index (χ0) is 16.6. The molecule has 1 aliphatic carbocycles. The van der Waals surface area contributed by atoms with E-state index in [0.29, 0.717) is 18.2 Å². The van der Waals surface area contributed by atoms with Crippen LogP contribution in [0.4, 0.5) is 4.39 Å². The van der Waals surface area contributed by atoms with Crippen LogP contribution in [0.3, 0.4) is 0 Å². The molecule has 0 spiro atoms. The van der Waals surface area contributed by atoms with Crippen LogP contribution in [-0.4, -0.2) is 23.7 Å². The molecule has 1 amide bonds. The van der Waals surface area contributed by atoms with Crippen molar-refractivity contribution < 1.29 is 13.7 Å². The van der Waals surface area contributed by atoms with Gasteiger partial charge in [0.25, 0.3) is 5.91 Å². The van der Waals surface area contributed by atoms with Crippen LogP contribution in [0.1, 0.15) is 29.0 Å². The number of carbonyl (C=O) groups is 1. The van der Waals surface area contributed by atoms with Gasteiger partial charge in [0.05, 0.1) is 10.6 Å². The molecular weight excluding hydrogens is 356 g/mol. The summed E-state index contributed by atoms with van der Waals surface area (Å²) >= 11 is 6.07. The highest BCUT2D eigenvalue weighted by molar-refractivity contribution is 6.33. The number of nitrogens with two attached hydrogens (primary N) is 1. The van der Waals surface area contributed by atoms with Gasteiger partial charge in [0.2, 0.25) is 0 Å². The van der Waals surface area contributed by atoms with E-state index in [-0.39, 0.29) is 46.2 Å². The highest BCUT2D eigenvalue weighted by Crippen LogP contribution is 2.35. The largest absolute Gasteiger partial charge is 0.360 e. The Kier molecular flexibility index (Phi) is 5.85. The first-order valence-corrected chi connectivity index (χ1v) is 7.82. The molecule has 1 heterocycles. The summed E-state index contributed by atoms with van der Waals surface area (Å²) in [5, 5.41) is 6.89. The molecule has 1 fully saturated rings. The molecule has 1 saturated carbocycles. The molecule has 2 aromatic rings. The lowest BCUT2D eigenvalue weighted by Crippen LogP contribution is -2.42. The predicted octanol–water partition coefficient (Wildman–Crippen LogP) is 3.33. The normalized spacial score (nSPS) is 14.8. The van der Waals surface area contributed by atoms with Crippen molar-refractivity contribution in [1.29, 1.82) is 0 Å². The van der Waals surface area contributed by atoms with Gasteiger partial charge >= 0.3 is 0 Å². The molecule has 5 nitrogen and oxygen atoms in total. The molecule has 8 heteroatoms. The zero-order valence-electron chi connectivity index (χ0n) is 13.0. The summed E-state index contributed by atoms with van der Waals surface area (Å²) in [5.41, 5.74) is 6.07. The second kappa shape index (κ2) is 7.51. The van der Waals surface area contributed by atoms with Crippen LogP contribution in [0.5, 0.6) is 0 Å². The zero-order valence-corrected chi connectivity index (χ0v) is 14.6. The van der Waals surface area contributed by atoms with Gasteiger partial charge < -0.3 is 15.6 Å². The number of hydrogen-bond acceptors (Lipinski definition) is 4. The maximum Gasteiger partial charge on any atom is 0.257 e. The number of halogens is 3. The van der Waals surface area contributed by atoms with E-state index in [2.05, 4.69) is 10.5 Å². The lowest BCUT2D eigenvalue weighted by molar-refractivity contribution is 0.0932. The van der Waals surface area contributed by atoms with Gasteiger partial charge in [0.1, 0.15) is 22.8 Å². The monoisotopic (exact) mass is 373 g/mol. The Morgan fingerprint density at radius 2 is 2.25 bits per heavy atom. The molecule has 3 rings (SSSR count). The summed E-state index contributed by atoms with van der Waals surface area (Å²) in [4.78, 5) is 12.6. The van der Waals surface area contributed by atoms with E-state index in [9.17, 15) is 9.18 Å². The second-order valence-electron chi connectivity index (χ2n) is 5.71. The van der Waals surface area contributed by atoms with Gasteiger partial charge in [-0.05, 0) is 37.8 Å². The molecule has 24 heavy (non-hydrogen) atoms. The number of rotatable bonds is 5. The smallest absolute Gasteiger partial charge is 0.257 e. The summed E-state index contributed by atoms with van der Waals surface area (Å²) in [6.07, 6.45) is 2.10. The Morgan fingerprint density at radius 3 is 2.83 bits per heavy atom. The third-order valence-electron chi connectivity index (χ3n) is 4.05. The van der Waals surface area contributed by atoms with Gasteiger partial charge in [-0.2, -0.15) is 0 Å². The third-order valence-corrected chi connectivity index (χ3v) is 4.37. The van der Waals surface area contributed by atoms with E-state index < -0.39 is 5.82 Å². The molecule has 0 saturated heterocycles. The number of aromatic nitrogens is 1. The number of amides is 1. The van der Waals surface area contributed by atoms with Gasteiger partial charge in [0, 0.05) is 12.6 Å². The summed E-state index contributed by atoms with van der Waals surface area (Å²) in [6, 6.07) is 4.20. The summed E-state index contributed by atoms with van der Waals surface area (Å²) in [7, 11) is 0. The molecule has 0 aliphatic heterocycles. The summed E-state index contributed by atoms with van der Waals surface area (Å²) < 4.78 is 19.2. The van der Waals surface area contributed by atoms with Crippen LogP contribution in [0.15, 0.2) is 22.7 Å².